The number of benzene rings is 1. The van der Waals surface area contributed by atoms with Crippen LogP contribution in [0.3, 0.4) is 0 Å². The number of hydrogen-bond acceptors (Lipinski definition) is 5. The minimum absolute atomic E-state index is 0.0652. The summed E-state index contributed by atoms with van der Waals surface area (Å²) in [5.74, 6) is 0.561. The Hall–Kier alpha value is -3.03. The Morgan fingerprint density at radius 1 is 1.24 bits per heavy atom. The number of methoxy groups -OCH3 is 1. The first kappa shape index (κ1) is 16.8. The van der Waals surface area contributed by atoms with Crippen molar-refractivity contribution in [2.45, 2.75) is 31.2 Å². The van der Waals surface area contributed by atoms with Crippen LogP contribution in [0.2, 0.25) is 0 Å². The van der Waals surface area contributed by atoms with Gasteiger partial charge >= 0.3 is 5.69 Å². The van der Waals surface area contributed by atoms with Gasteiger partial charge in [0.2, 0.25) is 0 Å². The molecule has 1 aliphatic carbocycles. The summed E-state index contributed by atoms with van der Waals surface area (Å²) < 4.78 is 5.40. The molecule has 1 aromatic heterocycles. The zero-order valence-electron chi connectivity index (χ0n) is 13.8. The second-order valence-corrected chi connectivity index (χ2v) is 6.12. The number of nitrogen functional groups attached to an aromatic ring is 1. The highest BCUT2D eigenvalue weighted by molar-refractivity contribution is 5.96. The highest BCUT2D eigenvalue weighted by atomic mass is 16.5. The lowest BCUT2D eigenvalue weighted by atomic mass is 9.96. The lowest BCUT2D eigenvalue weighted by Crippen LogP contribution is -2.37. The van der Waals surface area contributed by atoms with Crippen LogP contribution in [0.15, 0.2) is 33.9 Å². The molecule has 2 aromatic rings. The molecule has 1 aromatic carbocycles. The number of hydrogen-bond donors (Lipinski definition) is 4. The molecule has 2 atom stereocenters. The number of aromatic nitrogens is 2. The summed E-state index contributed by atoms with van der Waals surface area (Å²) in [5.41, 5.74) is 4.68. The summed E-state index contributed by atoms with van der Waals surface area (Å²) in [4.78, 5) is 39.5. The van der Waals surface area contributed by atoms with E-state index in [1.165, 1.54) is 0 Å². The van der Waals surface area contributed by atoms with E-state index >= 15 is 0 Å². The summed E-state index contributed by atoms with van der Waals surface area (Å²) in [5, 5.41) is 2.84. The van der Waals surface area contributed by atoms with Crippen LogP contribution >= 0.6 is 0 Å². The molecule has 132 valence electrons. The van der Waals surface area contributed by atoms with Gasteiger partial charge in [0.15, 0.2) is 0 Å². The van der Waals surface area contributed by atoms with Crippen molar-refractivity contribution >= 4 is 11.6 Å². The van der Waals surface area contributed by atoms with Gasteiger partial charge in [0.1, 0.15) is 17.1 Å². The summed E-state index contributed by atoms with van der Waals surface area (Å²) >= 11 is 0. The van der Waals surface area contributed by atoms with Gasteiger partial charge in [-0.1, -0.05) is 18.2 Å². The summed E-state index contributed by atoms with van der Waals surface area (Å²) in [6, 6.07) is 7.77. The SMILES string of the molecule is COc1ccccc1C1CCC(NC(=O)c2[nH]c(=O)[nH]c(=O)c2N)C1. The highest BCUT2D eigenvalue weighted by Gasteiger charge is 2.29. The Balaban J connectivity index is 1.72. The van der Waals surface area contributed by atoms with E-state index in [-0.39, 0.29) is 23.3 Å². The van der Waals surface area contributed by atoms with E-state index in [0.717, 1.165) is 30.6 Å². The second kappa shape index (κ2) is 6.84. The first-order valence-corrected chi connectivity index (χ1v) is 8.05. The van der Waals surface area contributed by atoms with Crippen molar-refractivity contribution in [1.82, 2.24) is 15.3 Å². The van der Waals surface area contributed by atoms with Crippen LogP contribution in [0, 0.1) is 0 Å². The average Bonchev–Trinajstić information content (AvgIpc) is 3.06. The molecule has 1 fully saturated rings. The number of nitrogens with one attached hydrogen (secondary N) is 3. The van der Waals surface area contributed by atoms with Gasteiger partial charge in [-0.05, 0) is 36.8 Å². The minimum atomic E-state index is -0.771. The van der Waals surface area contributed by atoms with Crippen molar-refractivity contribution in [3.63, 3.8) is 0 Å². The molecular formula is C17H20N4O4. The van der Waals surface area contributed by atoms with Gasteiger partial charge in [-0.3, -0.25) is 14.6 Å². The van der Waals surface area contributed by atoms with E-state index in [4.69, 9.17) is 10.5 Å². The van der Waals surface area contributed by atoms with Crippen LogP contribution < -0.4 is 27.0 Å². The fourth-order valence-corrected chi connectivity index (χ4v) is 3.33. The van der Waals surface area contributed by atoms with E-state index < -0.39 is 17.2 Å². The van der Waals surface area contributed by atoms with Crippen molar-refractivity contribution in [2.24, 2.45) is 0 Å². The molecule has 1 heterocycles. The molecule has 25 heavy (non-hydrogen) atoms. The number of anilines is 1. The Morgan fingerprint density at radius 2 is 2.00 bits per heavy atom. The number of nitrogens with two attached hydrogens (primary N) is 1. The summed E-state index contributed by atoms with van der Waals surface area (Å²) in [6.07, 6.45) is 2.45. The summed E-state index contributed by atoms with van der Waals surface area (Å²) in [7, 11) is 1.64. The zero-order chi connectivity index (χ0) is 18.0. The Morgan fingerprint density at radius 3 is 2.76 bits per heavy atom. The third kappa shape index (κ3) is 3.42. The monoisotopic (exact) mass is 344 g/mol. The molecule has 5 N–H and O–H groups in total. The standard InChI is InChI=1S/C17H20N4O4/c1-25-12-5-3-2-4-11(12)9-6-7-10(8-9)19-16(23)14-13(18)15(22)21-17(24)20-14/h2-5,9-10H,6-8,18H2,1H3,(H,19,23)(H2,20,21,22,24). The molecule has 8 heteroatoms. The summed E-state index contributed by atoms with van der Waals surface area (Å²) in [6.45, 7) is 0. The first-order chi connectivity index (χ1) is 12.0. The predicted octanol–water partition coefficient (Wildman–Crippen LogP) is 0.720. The van der Waals surface area contributed by atoms with Gasteiger partial charge in [0.25, 0.3) is 11.5 Å². The van der Waals surface area contributed by atoms with Crippen LogP contribution in [0.5, 0.6) is 5.75 Å². The molecule has 0 radical (unpaired) electrons. The van der Waals surface area contributed by atoms with E-state index in [1.54, 1.807) is 7.11 Å². The van der Waals surface area contributed by atoms with Crippen LogP contribution in [-0.2, 0) is 0 Å². The van der Waals surface area contributed by atoms with Gasteiger partial charge in [0, 0.05) is 6.04 Å². The quantitative estimate of drug-likeness (QED) is 0.649. The van der Waals surface area contributed by atoms with E-state index in [2.05, 4.69) is 10.3 Å². The largest absolute Gasteiger partial charge is 0.496 e. The number of carbonyl (C=O) groups is 1. The van der Waals surface area contributed by atoms with Gasteiger partial charge in [0.05, 0.1) is 7.11 Å². The third-order valence-corrected chi connectivity index (χ3v) is 4.55. The van der Waals surface area contributed by atoms with Crippen LogP contribution in [0.4, 0.5) is 5.69 Å². The number of para-hydroxylation sites is 1. The normalized spacial score (nSPS) is 19.6. The van der Waals surface area contributed by atoms with Crippen molar-refractivity contribution in [2.75, 3.05) is 12.8 Å². The number of aromatic amines is 2. The third-order valence-electron chi connectivity index (χ3n) is 4.55. The first-order valence-electron chi connectivity index (χ1n) is 8.05. The smallest absolute Gasteiger partial charge is 0.326 e. The van der Waals surface area contributed by atoms with Crippen LogP contribution in [-0.4, -0.2) is 29.0 Å². The lowest BCUT2D eigenvalue weighted by molar-refractivity contribution is 0.0933. The maximum atomic E-state index is 12.4. The van der Waals surface area contributed by atoms with Gasteiger partial charge in [-0.25, -0.2) is 4.79 Å². The van der Waals surface area contributed by atoms with Crippen LogP contribution in [0.1, 0.15) is 41.2 Å². The molecule has 1 aliphatic rings. The molecule has 1 saturated carbocycles. The fraction of sp³-hybridized carbons (Fsp3) is 0.353. The molecule has 0 aliphatic heterocycles. The Kier molecular flexibility index (Phi) is 4.60. The topological polar surface area (TPSA) is 130 Å². The number of H-pyrrole nitrogens is 2. The van der Waals surface area contributed by atoms with Crippen LogP contribution in [0.25, 0.3) is 0 Å². The second-order valence-electron chi connectivity index (χ2n) is 6.12. The van der Waals surface area contributed by atoms with Crippen molar-refractivity contribution in [1.29, 1.82) is 0 Å². The van der Waals surface area contributed by atoms with E-state index in [1.807, 2.05) is 29.2 Å². The molecule has 1 amide bonds. The molecule has 3 rings (SSSR count). The molecule has 8 nitrogen and oxygen atoms in total. The Labute approximate surface area is 143 Å². The molecule has 2 unspecified atom stereocenters. The molecular weight excluding hydrogens is 324 g/mol. The number of ether oxygens (including phenoxy) is 1. The molecule has 0 bridgehead atoms. The van der Waals surface area contributed by atoms with E-state index in [0.29, 0.717) is 0 Å². The Bertz CT molecular complexity index is 902. The highest BCUT2D eigenvalue weighted by Crippen LogP contribution is 2.38. The predicted molar refractivity (Wildman–Crippen MR) is 92.9 cm³/mol. The van der Waals surface area contributed by atoms with Crippen molar-refractivity contribution < 1.29 is 9.53 Å². The van der Waals surface area contributed by atoms with Gasteiger partial charge < -0.3 is 20.8 Å². The number of amides is 1. The number of carbonyl (C=O) groups excluding carboxylic acids is 1. The molecule has 0 spiro atoms. The number of rotatable bonds is 4. The maximum Gasteiger partial charge on any atom is 0.326 e. The maximum absolute atomic E-state index is 12.4. The lowest BCUT2D eigenvalue weighted by Gasteiger charge is -2.16. The fourth-order valence-electron chi connectivity index (χ4n) is 3.33. The van der Waals surface area contributed by atoms with Crippen molar-refractivity contribution in [3.8, 4) is 5.75 Å². The van der Waals surface area contributed by atoms with Crippen molar-refractivity contribution in [3.05, 3.63) is 56.4 Å². The minimum Gasteiger partial charge on any atom is -0.496 e. The molecule has 0 saturated heterocycles. The van der Waals surface area contributed by atoms with Gasteiger partial charge in [-0.15, -0.1) is 0 Å². The zero-order valence-corrected chi connectivity index (χ0v) is 13.8. The average molecular weight is 344 g/mol. The van der Waals surface area contributed by atoms with Gasteiger partial charge in [-0.2, -0.15) is 0 Å². The van der Waals surface area contributed by atoms with E-state index in [9.17, 15) is 14.4 Å².